The third kappa shape index (κ3) is 2.59. The maximum atomic E-state index is 11.7. The summed E-state index contributed by atoms with van der Waals surface area (Å²) < 4.78 is 1.86. The molecule has 0 bridgehead atoms. The third-order valence-corrected chi connectivity index (χ3v) is 2.99. The Hall–Kier alpha value is -2.31. The lowest BCUT2D eigenvalue weighted by Gasteiger charge is -2.09. The Balaban J connectivity index is 1.74. The first-order valence-corrected chi connectivity index (χ1v) is 6.31. The number of rotatable bonds is 5. The summed E-state index contributed by atoms with van der Waals surface area (Å²) in [6.07, 6.45) is 7.56. The molecular formula is C12H16N6O. The van der Waals surface area contributed by atoms with Crippen LogP contribution >= 0.6 is 0 Å². The fourth-order valence-electron chi connectivity index (χ4n) is 1.84. The number of fused-ring (bicyclic) bond motifs is 1. The first-order chi connectivity index (χ1) is 9.26. The van der Waals surface area contributed by atoms with Crippen molar-refractivity contribution in [2.24, 2.45) is 0 Å². The van der Waals surface area contributed by atoms with Crippen LogP contribution in [0.2, 0.25) is 0 Å². The van der Waals surface area contributed by atoms with E-state index in [2.05, 4.69) is 25.9 Å². The van der Waals surface area contributed by atoms with Crippen molar-refractivity contribution in [2.45, 2.75) is 18.9 Å². The number of nitrogens with zero attached hydrogens (tertiary/aromatic N) is 3. The highest BCUT2D eigenvalue weighted by atomic mass is 16.2. The fraction of sp³-hybridized carbons (Fsp3) is 0.417. The maximum absolute atomic E-state index is 11.7. The molecule has 0 spiro atoms. The van der Waals surface area contributed by atoms with Crippen LogP contribution in [-0.2, 0) is 4.79 Å². The van der Waals surface area contributed by atoms with Crippen LogP contribution in [0.15, 0.2) is 18.6 Å². The predicted octanol–water partition coefficient (Wildman–Crippen LogP) is 0.461. The SMILES string of the molecule is CNc1cn2ccnc2c(NCC(=O)NC2CC2)n1. The fourth-order valence-corrected chi connectivity index (χ4v) is 1.84. The van der Waals surface area contributed by atoms with Gasteiger partial charge in [-0.2, -0.15) is 0 Å². The van der Waals surface area contributed by atoms with Crippen molar-refractivity contribution in [1.29, 1.82) is 0 Å². The van der Waals surface area contributed by atoms with E-state index >= 15 is 0 Å². The molecule has 0 unspecified atom stereocenters. The number of carbonyl (C=O) groups is 1. The van der Waals surface area contributed by atoms with Gasteiger partial charge in [0.1, 0.15) is 5.82 Å². The summed E-state index contributed by atoms with van der Waals surface area (Å²) in [6, 6.07) is 0.373. The van der Waals surface area contributed by atoms with Crippen LogP contribution in [0, 0.1) is 0 Å². The Morgan fingerprint density at radius 2 is 2.37 bits per heavy atom. The van der Waals surface area contributed by atoms with Crippen molar-refractivity contribution < 1.29 is 4.79 Å². The molecule has 1 amide bonds. The summed E-state index contributed by atoms with van der Waals surface area (Å²) in [7, 11) is 1.80. The van der Waals surface area contributed by atoms with Crippen molar-refractivity contribution in [3.63, 3.8) is 0 Å². The minimum absolute atomic E-state index is 0.0103. The molecule has 0 radical (unpaired) electrons. The molecule has 1 aliphatic rings. The lowest BCUT2D eigenvalue weighted by molar-refractivity contribution is -0.119. The lowest BCUT2D eigenvalue weighted by Crippen LogP contribution is -2.31. The molecule has 0 aromatic carbocycles. The summed E-state index contributed by atoms with van der Waals surface area (Å²) in [5.74, 6) is 1.31. The van der Waals surface area contributed by atoms with E-state index in [1.54, 1.807) is 13.2 Å². The Morgan fingerprint density at radius 1 is 1.53 bits per heavy atom. The van der Waals surface area contributed by atoms with Gasteiger partial charge in [0.25, 0.3) is 0 Å². The number of hydrogen-bond acceptors (Lipinski definition) is 5. The number of anilines is 2. The van der Waals surface area contributed by atoms with Gasteiger partial charge >= 0.3 is 0 Å². The summed E-state index contributed by atoms with van der Waals surface area (Å²) in [5.41, 5.74) is 0.707. The highest BCUT2D eigenvalue weighted by Gasteiger charge is 2.23. The molecule has 0 atom stereocenters. The Kier molecular flexibility index (Phi) is 2.94. The zero-order valence-electron chi connectivity index (χ0n) is 10.7. The smallest absolute Gasteiger partial charge is 0.239 e. The molecule has 1 fully saturated rings. The van der Waals surface area contributed by atoms with Gasteiger partial charge < -0.3 is 20.4 Å². The van der Waals surface area contributed by atoms with Crippen molar-refractivity contribution in [3.05, 3.63) is 18.6 Å². The predicted molar refractivity (Wildman–Crippen MR) is 72.2 cm³/mol. The highest BCUT2D eigenvalue weighted by molar-refractivity contribution is 5.82. The second-order valence-electron chi connectivity index (χ2n) is 4.58. The third-order valence-electron chi connectivity index (χ3n) is 2.99. The van der Waals surface area contributed by atoms with Crippen LogP contribution in [0.5, 0.6) is 0 Å². The van der Waals surface area contributed by atoms with Gasteiger partial charge in [-0.05, 0) is 12.8 Å². The Bertz CT molecular complexity index is 603. The van der Waals surface area contributed by atoms with Gasteiger partial charge in [-0.3, -0.25) is 4.79 Å². The molecule has 2 heterocycles. The maximum Gasteiger partial charge on any atom is 0.239 e. The first kappa shape index (κ1) is 11.8. The van der Waals surface area contributed by atoms with E-state index in [4.69, 9.17) is 0 Å². The van der Waals surface area contributed by atoms with Crippen LogP contribution in [0.1, 0.15) is 12.8 Å². The topological polar surface area (TPSA) is 83.3 Å². The average Bonchev–Trinajstić information content (AvgIpc) is 3.09. The molecule has 100 valence electrons. The van der Waals surface area contributed by atoms with Gasteiger partial charge in [-0.1, -0.05) is 0 Å². The molecule has 3 N–H and O–H groups in total. The Labute approximate surface area is 110 Å². The molecule has 19 heavy (non-hydrogen) atoms. The minimum atomic E-state index is -0.0103. The van der Waals surface area contributed by atoms with Crippen molar-refractivity contribution >= 4 is 23.2 Å². The molecule has 7 heteroatoms. The average molecular weight is 260 g/mol. The van der Waals surface area contributed by atoms with Crippen LogP contribution < -0.4 is 16.0 Å². The van der Waals surface area contributed by atoms with Crippen LogP contribution in [0.25, 0.3) is 5.65 Å². The first-order valence-electron chi connectivity index (χ1n) is 6.31. The quantitative estimate of drug-likeness (QED) is 0.727. The summed E-state index contributed by atoms with van der Waals surface area (Å²) in [4.78, 5) is 20.2. The lowest BCUT2D eigenvalue weighted by atomic mass is 10.5. The summed E-state index contributed by atoms with van der Waals surface area (Å²) >= 11 is 0. The van der Waals surface area contributed by atoms with Crippen LogP contribution in [-0.4, -0.2) is 39.9 Å². The minimum Gasteiger partial charge on any atom is -0.372 e. The van der Waals surface area contributed by atoms with Gasteiger partial charge in [-0.25, -0.2) is 9.97 Å². The molecular weight excluding hydrogens is 244 g/mol. The van der Waals surface area contributed by atoms with Crippen molar-refractivity contribution in [1.82, 2.24) is 19.7 Å². The molecule has 3 rings (SSSR count). The van der Waals surface area contributed by atoms with E-state index < -0.39 is 0 Å². The number of amides is 1. The van der Waals surface area contributed by atoms with Gasteiger partial charge in [-0.15, -0.1) is 0 Å². The normalized spacial score (nSPS) is 14.4. The Morgan fingerprint density at radius 3 is 3.11 bits per heavy atom. The summed E-state index contributed by atoms with van der Waals surface area (Å²) in [6.45, 7) is 0.208. The highest BCUT2D eigenvalue weighted by Crippen LogP contribution is 2.18. The molecule has 0 aliphatic heterocycles. The van der Waals surface area contributed by atoms with Crippen molar-refractivity contribution in [3.8, 4) is 0 Å². The van der Waals surface area contributed by atoms with E-state index in [1.807, 2.05) is 16.8 Å². The summed E-state index contributed by atoms with van der Waals surface area (Å²) in [5, 5.41) is 8.94. The number of carbonyl (C=O) groups excluding carboxylic acids is 1. The number of hydrogen-bond donors (Lipinski definition) is 3. The molecule has 2 aromatic rings. The van der Waals surface area contributed by atoms with Crippen molar-refractivity contribution in [2.75, 3.05) is 24.2 Å². The van der Waals surface area contributed by atoms with Gasteiger partial charge in [0.15, 0.2) is 11.5 Å². The zero-order valence-corrected chi connectivity index (χ0v) is 10.7. The van der Waals surface area contributed by atoms with E-state index in [0.29, 0.717) is 17.5 Å². The zero-order chi connectivity index (χ0) is 13.2. The van der Waals surface area contributed by atoms with Gasteiger partial charge in [0, 0.05) is 25.5 Å². The van der Waals surface area contributed by atoms with E-state index in [0.717, 1.165) is 18.7 Å². The second kappa shape index (κ2) is 4.75. The van der Waals surface area contributed by atoms with Gasteiger partial charge in [0.2, 0.25) is 5.91 Å². The van der Waals surface area contributed by atoms with E-state index in [1.165, 1.54) is 0 Å². The van der Waals surface area contributed by atoms with E-state index in [9.17, 15) is 4.79 Å². The largest absolute Gasteiger partial charge is 0.372 e. The molecule has 0 saturated heterocycles. The molecule has 7 nitrogen and oxygen atoms in total. The second-order valence-corrected chi connectivity index (χ2v) is 4.58. The monoisotopic (exact) mass is 260 g/mol. The molecule has 1 aliphatic carbocycles. The molecule has 1 saturated carbocycles. The number of aromatic nitrogens is 3. The van der Waals surface area contributed by atoms with Crippen LogP contribution in [0.3, 0.4) is 0 Å². The molecule has 2 aromatic heterocycles. The standard InChI is InChI=1S/C12H16N6O/c1-13-9-7-18-5-4-14-12(18)11(17-9)15-6-10(19)16-8-2-3-8/h4-5,7-8,13H,2-3,6H2,1H3,(H,15,17)(H,16,19). The van der Waals surface area contributed by atoms with Gasteiger partial charge in [0.05, 0.1) is 12.7 Å². The van der Waals surface area contributed by atoms with Crippen LogP contribution in [0.4, 0.5) is 11.6 Å². The van der Waals surface area contributed by atoms with E-state index in [-0.39, 0.29) is 12.5 Å². The number of imidazole rings is 1. The number of nitrogens with one attached hydrogen (secondary N) is 3.